The van der Waals surface area contributed by atoms with E-state index in [9.17, 15) is 0 Å². The standard InChI is InChI=1S/C10H10BrN3/c11-8-5-2-6-9-12-10(13-14(8)9)7-3-1-4-7/h2,5-7H,1,3-4H2. The number of aromatic nitrogens is 3. The van der Waals surface area contributed by atoms with Crippen LogP contribution in [-0.2, 0) is 0 Å². The van der Waals surface area contributed by atoms with Crippen LogP contribution >= 0.6 is 15.9 Å². The van der Waals surface area contributed by atoms with Gasteiger partial charge in [-0.25, -0.2) is 9.50 Å². The van der Waals surface area contributed by atoms with Gasteiger partial charge in [-0.1, -0.05) is 12.5 Å². The Balaban J connectivity index is 2.15. The monoisotopic (exact) mass is 251 g/mol. The van der Waals surface area contributed by atoms with Crippen molar-refractivity contribution in [2.75, 3.05) is 0 Å². The van der Waals surface area contributed by atoms with Crippen molar-refractivity contribution in [1.29, 1.82) is 0 Å². The molecule has 0 saturated heterocycles. The van der Waals surface area contributed by atoms with Crippen LogP contribution in [0, 0.1) is 0 Å². The molecule has 0 aliphatic heterocycles. The molecule has 1 saturated carbocycles. The maximum absolute atomic E-state index is 4.52. The second-order valence-corrected chi connectivity index (χ2v) is 4.53. The molecule has 0 aromatic carbocycles. The number of hydrogen-bond donors (Lipinski definition) is 0. The summed E-state index contributed by atoms with van der Waals surface area (Å²) in [4.78, 5) is 4.52. The van der Waals surface area contributed by atoms with Gasteiger partial charge in [0.1, 0.15) is 4.60 Å². The van der Waals surface area contributed by atoms with Gasteiger partial charge in [0.15, 0.2) is 11.5 Å². The Morgan fingerprint density at radius 1 is 1.36 bits per heavy atom. The molecule has 0 spiro atoms. The predicted molar refractivity (Wildman–Crippen MR) is 57.3 cm³/mol. The van der Waals surface area contributed by atoms with Gasteiger partial charge in [0.25, 0.3) is 0 Å². The SMILES string of the molecule is Brc1cccc2nc(C3CCC3)nn12. The molecule has 0 bridgehead atoms. The van der Waals surface area contributed by atoms with E-state index < -0.39 is 0 Å². The third kappa shape index (κ3) is 1.17. The van der Waals surface area contributed by atoms with Gasteiger partial charge in [-0.15, -0.1) is 5.10 Å². The number of halogens is 1. The number of fused-ring (bicyclic) bond motifs is 1. The summed E-state index contributed by atoms with van der Waals surface area (Å²) in [6.07, 6.45) is 3.81. The van der Waals surface area contributed by atoms with Crippen molar-refractivity contribution in [3.05, 3.63) is 28.6 Å². The molecule has 0 unspecified atom stereocenters. The van der Waals surface area contributed by atoms with Crippen LogP contribution in [0.1, 0.15) is 31.0 Å². The first-order valence-corrected chi connectivity index (χ1v) is 5.65. The summed E-state index contributed by atoms with van der Waals surface area (Å²) in [6.45, 7) is 0. The van der Waals surface area contributed by atoms with E-state index in [0.717, 1.165) is 16.1 Å². The molecule has 0 N–H and O–H groups in total. The Kier molecular flexibility index (Phi) is 1.83. The topological polar surface area (TPSA) is 30.2 Å². The molecule has 0 radical (unpaired) electrons. The van der Waals surface area contributed by atoms with Crippen molar-refractivity contribution in [1.82, 2.24) is 14.6 Å². The van der Waals surface area contributed by atoms with E-state index in [-0.39, 0.29) is 0 Å². The second-order valence-electron chi connectivity index (χ2n) is 3.72. The van der Waals surface area contributed by atoms with E-state index in [4.69, 9.17) is 0 Å². The number of pyridine rings is 1. The Labute approximate surface area is 90.3 Å². The molecule has 3 nitrogen and oxygen atoms in total. The number of nitrogens with zero attached hydrogens (tertiary/aromatic N) is 3. The third-order valence-electron chi connectivity index (χ3n) is 2.80. The zero-order valence-electron chi connectivity index (χ0n) is 7.65. The highest BCUT2D eigenvalue weighted by molar-refractivity contribution is 9.10. The maximum Gasteiger partial charge on any atom is 0.156 e. The van der Waals surface area contributed by atoms with Crippen LogP contribution in [0.4, 0.5) is 0 Å². The zero-order chi connectivity index (χ0) is 9.54. The lowest BCUT2D eigenvalue weighted by Crippen LogP contribution is -2.10. The van der Waals surface area contributed by atoms with Crippen molar-refractivity contribution >= 4 is 21.6 Å². The van der Waals surface area contributed by atoms with E-state index in [1.54, 1.807) is 0 Å². The van der Waals surface area contributed by atoms with Gasteiger partial charge in [0, 0.05) is 5.92 Å². The summed E-state index contributed by atoms with van der Waals surface area (Å²) in [7, 11) is 0. The van der Waals surface area contributed by atoms with Gasteiger partial charge in [-0.3, -0.25) is 0 Å². The molecular weight excluding hydrogens is 242 g/mol. The van der Waals surface area contributed by atoms with E-state index in [0.29, 0.717) is 5.92 Å². The molecule has 14 heavy (non-hydrogen) atoms. The fourth-order valence-corrected chi connectivity index (χ4v) is 2.14. The van der Waals surface area contributed by atoms with Crippen LogP contribution in [0.15, 0.2) is 22.8 Å². The maximum atomic E-state index is 4.52. The summed E-state index contributed by atoms with van der Waals surface area (Å²) in [6, 6.07) is 5.95. The predicted octanol–water partition coefficient (Wildman–Crippen LogP) is 2.76. The molecule has 2 aromatic rings. The molecule has 1 aliphatic rings. The van der Waals surface area contributed by atoms with Crippen molar-refractivity contribution in [2.45, 2.75) is 25.2 Å². The van der Waals surface area contributed by atoms with E-state index >= 15 is 0 Å². The lowest BCUT2D eigenvalue weighted by molar-refractivity contribution is 0.401. The van der Waals surface area contributed by atoms with Crippen LogP contribution in [0.2, 0.25) is 0 Å². The molecule has 2 aromatic heterocycles. The zero-order valence-corrected chi connectivity index (χ0v) is 9.24. The molecular formula is C10H10BrN3. The average molecular weight is 252 g/mol. The van der Waals surface area contributed by atoms with Gasteiger partial charge >= 0.3 is 0 Å². The highest BCUT2D eigenvalue weighted by Crippen LogP contribution is 2.34. The van der Waals surface area contributed by atoms with Crippen molar-refractivity contribution in [2.24, 2.45) is 0 Å². The normalized spacial score (nSPS) is 17.2. The Morgan fingerprint density at radius 3 is 2.86 bits per heavy atom. The molecule has 2 heterocycles. The van der Waals surface area contributed by atoms with Gasteiger partial charge in [-0.05, 0) is 40.9 Å². The van der Waals surface area contributed by atoms with Crippen LogP contribution in [0.25, 0.3) is 5.65 Å². The van der Waals surface area contributed by atoms with Crippen LogP contribution in [0.5, 0.6) is 0 Å². The Hall–Kier alpha value is -0.900. The van der Waals surface area contributed by atoms with Gasteiger partial charge in [0.2, 0.25) is 0 Å². The third-order valence-corrected chi connectivity index (χ3v) is 3.40. The van der Waals surface area contributed by atoms with Gasteiger partial charge in [0.05, 0.1) is 0 Å². The highest BCUT2D eigenvalue weighted by Gasteiger charge is 2.23. The first-order valence-electron chi connectivity index (χ1n) is 4.86. The fourth-order valence-electron chi connectivity index (χ4n) is 1.73. The molecule has 0 atom stereocenters. The molecule has 72 valence electrons. The fraction of sp³-hybridized carbons (Fsp3) is 0.400. The second kappa shape index (κ2) is 3.05. The van der Waals surface area contributed by atoms with Gasteiger partial charge in [-0.2, -0.15) is 0 Å². The summed E-state index contributed by atoms with van der Waals surface area (Å²) < 4.78 is 2.82. The summed E-state index contributed by atoms with van der Waals surface area (Å²) >= 11 is 3.46. The highest BCUT2D eigenvalue weighted by atomic mass is 79.9. The van der Waals surface area contributed by atoms with E-state index in [1.165, 1.54) is 19.3 Å². The summed E-state index contributed by atoms with van der Waals surface area (Å²) in [5.41, 5.74) is 0.932. The number of hydrogen-bond acceptors (Lipinski definition) is 2. The summed E-state index contributed by atoms with van der Waals surface area (Å²) in [5.74, 6) is 1.60. The minimum absolute atomic E-state index is 0.599. The van der Waals surface area contributed by atoms with Crippen molar-refractivity contribution in [3.63, 3.8) is 0 Å². The minimum Gasteiger partial charge on any atom is -0.212 e. The average Bonchev–Trinajstić information content (AvgIpc) is 2.46. The molecule has 3 rings (SSSR count). The van der Waals surface area contributed by atoms with E-state index in [2.05, 4.69) is 26.0 Å². The van der Waals surface area contributed by atoms with Gasteiger partial charge < -0.3 is 0 Å². The van der Waals surface area contributed by atoms with Crippen LogP contribution in [-0.4, -0.2) is 14.6 Å². The van der Waals surface area contributed by atoms with Crippen molar-refractivity contribution in [3.8, 4) is 0 Å². The molecule has 1 aliphatic carbocycles. The minimum atomic E-state index is 0.599. The quantitative estimate of drug-likeness (QED) is 0.730. The van der Waals surface area contributed by atoms with E-state index in [1.807, 2.05) is 22.7 Å². The molecule has 1 fully saturated rings. The largest absolute Gasteiger partial charge is 0.212 e. The Bertz CT molecular complexity index is 473. The van der Waals surface area contributed by atoms with Crippen molar-refractivity contribution < 1.29 is 0 Å². The van der Waals surface area contributed by atoms with Crippen LogP contribution < -0.4 is 0 Å². The lowest BCUT2D eigenvalue weighted by atomic mass is 9.85. The first-order chi connectivity index (χ1) is 6.84. The molecule has 4 heteroatoms. The first kappa shape index (κ1) is 8.41. The van der Waals surface area contributed by atoms with Crippen LogP contribution in [0.3, 0.4) is 0 Å². The molecule has 0 amide bonds. The Morgan fingerprint density at radius 2 is 2.21 bits per heavy atom. The lowest BCUT2D eigenvalue weighted by Gasteiger charge is -2.21. The summed E-state index contributed by atoms with van der Waals surface area (Å²) in [5, 5.41) is 4.49. The smallest absolute Gasteiger partial charge is 0.156 e. The number of rotatable bonds is 1.